The van der Waals surface area contributed by atoms with E-state index in [4.69, 9.17) is 0 Å². The normalized spacial score (nSPS) is 20.9. The van der Waals surface area contributed by atoms with Gasteiger partial charge in [0.25, 0.3) is 0 Å². The second-order valence-corrected chi connectivity index (χ2v) is 5.00. The number of imide groups is 2. The second-order valence-electron chi connectivity index (χ2n) is 5.00. The lowest BCUT2D eigenvalue weighted by atomic mass is 10.0. The molecule has 1 aliphatic heterocycles. The van der Waals surface area contributed by atoms with Gasteiger partial charge in [0, 0.05) is 32.4 Å². The van der Waals surface area contributed by atoms with Crippen molar-refractivity contribution >= 4 is 17.8 Å². The summed E-state index contributed by atoms with van der Waals surface area (Å²) >= 11 is 0. The summed E-state index contributed by atoms with van der Waals surface area (Å²) in [6.07, 6.45) is 5.01. The average Bonchev–Trinajstić information content (AvgIpc) is 3.07. The smallest absolute Gasteiger partial charge is 0.330 e. The van der Waals surface area contributed by atoms with Crippen LogP contribution in [0.3, 0.4) is 0 Å². The van der Waals surface area contributed by atoms with Crippen LogP contribution in [0.25, 0.3) is 0 Å². The molecule has 1 spiro atoms. The monoisotopic (exact) mass is 262 g/mol. The SMILES string of the molecule is Cn1ccnc1CCN1C(=O)NC(=O)C2(CC2)C1=O. The molecule has 2 fully saturated rings. The number of aromatic nitrogens is 2. The van der Waals surface area contributed by atoms with Crippen molar-refractivity contribution in [3.63, 3.8) is 0 Å². The first-order chi connectivity index (χ1) is 9.04. The summed E-state index contributed by atoms with van der Waals surface area (Å²) in [6, 6.07) is -0.623. The van der Waals surface area contributed by atoms with Crippen molar-refractivity contribution in [2.75, 3.05) is 6.54 Å². The highest BCUT2D eigenvalue weighted by Crippen LogP contribution is 2.48. The van der Waals surface area contributed by atoms with Gasteiger partial charge in [0.15, 0.2) is 0 Å². The molecule has 2 heterocycles. The quantitative estimate of drug-likeness (QED) is 0.766. The van der Waals surface area contributed by atoms with Gasteiger partial charge in [-0.25, -0.2) is 9.78 Å². The third-order valence-electron chi connectivity index (χ3n) is 3.78. The van der Waals surface area contributed by atoms with Crippen LogP contribution in [-0.2, 0) is 23.1 Å². The molecule has 2 aliphatic rings. The summed E-state index contributed by atoms with van der Waals surface area (Å²) < 4.78 is 1.84. The van der Waals surface area contributed by atoms with Crippen molar-refractivity contribution in [3.8, 4) is 0 Å². The lowest BCUT2D eigenvalue weighted by molar-refractivity contribution is -0.144. The Kier molecular flexibility index (Phi) is 2.44. The van der Waals surface area contributed by atoms with Gasteiger partial charge in [-0.15, -0.1) is 0 Å². The Hall–Kier alpha value is -2.18. The molecular weight excluding hydrogens is 248 g/mol. The van der Waals surface area contributed by atoms with Crippen LogP contribution in [0.2, 0.25) is 0 Å². The summed E-state index contributed by atoms with van der Waals surface area (Å²) in [5.41, 5.74) is -0.963. The predicted octanol–water partition coefficient (Wildman–Crippen LogP) is -0.179. The first kappa shape index (κ1) is 11.9. The van der Waals surface area contributed by atoms with E-state index in [1.807, 2.05) is 11.6 Å². The fourth-order valence-electron chi connectivity index (χ4n) is 2.35. The summed E-state index contributed by atoms with van der Waals surface area (Å²) in [4.78, 5) is 40.8. The number of imidazole rings is 1. The van der Waals surface area contributed by atoms with Gasteiger partial charge >= 0.3 is 6.03 Å². The van der Waals surface area contributed by atoms with Crippen LogP contribution in [0.1, 0.15) is 18.7 Å². The highest BCUT2D eigenvalue weighted by molar-refractivity contribution is 6.20. The van der Waals surface area contributed by atoms with E-state index in [9.17, 15) is 14.4 Å². The van der Waals surface area contributed by atoms with Crippen LogP contribution in [0.15, 0.2) is 12.4 Å². The largest absolute Gasteiger partial charge is 0.338 e. The number of amides is 4. The number of carbonyl (C=O) groups excluding carboxylic acids is 3. The number of nitrogens with one attached hydrogen (secondary N) is 1. The number of urea groups is 1. The van der Waals surface area contributed by atoms with Crippen molar-refractivity contribution in [3.05, 3.63) is 18.2 Å². The first-order valence-electron chi connectivity index (χ1n) is 6.18. The fraction of sp³-hybridized carbons (Fsp3) is 0.500. The van der Waals surface area contributed by atoms with Gasteiger partial charge in [0.1, 0.15) is 11.2 Å². The number of barbiturate groups is 1. The fourth-order valence-corrected chi connectivity index (χ4v) is 2.35. The lowest BCUT2D eigenvalue weighted by Gasteiger charge is -2.30. The van der Waals surface area contributed by atoms with Crippen LogP contribution in [0, 0.1) is 5.41 Å². The van der Waals surface area contributed by atoms with E-state index in [1.165, 1.54) is 0 Å². The Labute approximate surface area is 109 Å². The molecule has 100 valence electrons. The predicted molar refractivity (Wildman–Crippen MR) is 63.8 cm³/mol. The van der Waals surface area contributed by atoms with Gasteiger partial charge in [0.2, 0.25) is 11.8 Å². The zero-order valence-electron chi connectivity index (χ0n) is 10.5. The van der Waals surface area contributed by atoms with Gasteiger partial charge in [-0.1, -0.05) is 0 Å². The second kappa shape index (κ2) is 3.91. The molecule has 0 unspecified atom stereocenters. The molecule has 0 atom stereocenters. The van der Waals surface area contributed by atoms with Crippen molar-refractivity contribution in [2.45, 2.75) is 19.3 Å². The first-order valence-corrected chi connectivity index (χ1v) is 6.18. The van der Waals surface area contributed by atoms with Crippen LogP contribution < -0.4 is 5.32 Å². The molecule has 0 radical (unpaired) electrons. The third kappa shape index (κ3) is 1.73. The molecule has 1 saturated heterocycles. The van der Waals surface area contributed by atoms with E-state index in [2.05, 4.69) is 10.3 Å². The van der Waals surface area contributed by atoms with Crippen molar-refractivity contribution < 1.29 is 14.4 Å². The number of aryl methyl sites for hydroxylation is 1. The van der Waals surface area contributed by atoms with Gasteiger partial charge in [-0.2, -0.15) is 0 Å². The van der Waals surface area contributed by atoms with E-state index < -0.39 is 17.4 Å². The maximum absolute atomic E-state index is 12.2. The zero-order valence-corrected chi connectivity index (χ0v) is 10.5. The Balaban J connectivity index is 1.73. The molecule has 1 aromatic heterocycles. The minimum absolute atomic E-state index is 0.241. The van der Waals surface area contributed by atoms with E-state index in [1.54, 1.807) is 12.4 Å². The molecule has 7 heteroatoms. The molecule has 0 aromatic carbocycles. The molecule has 7 nitrogen and oxygen atoms in total. The summed E-state index contributed by atoms with van der Waals surface area (Å²) in [5, 5.41) is 2.26. The Morgan fingerprint density at radius 3 is 2.68 bits per heavy atom. The summed E-state index contributed by atoms with van der Waals surface area (Å²) in [7, 11) is 1.85. The lowest BCUT2D eigenvalue weighted by Crippen LogP contribution is -2.59. The number of carbonyl (C=O) groups is 3. The standard InChI is InChI=1S/C12H14N4O3/c1-15-7-5-13-8(15)2-6-16-10(18)12(3-4-12)9(17)14-11(16)19/h5,7H,2-4,6H2,1H3,(H,14,17,19). The van der Waals surface area contributed by atoms with Crippen LogP contribution in [0.4, 0.5) is 4.79 Å². The van der Waals surface area contributed by atoms with E-state index in [0.29, 0.717) is 19.3 Å². The number of rotatable bonds is 3. The molecule has 19 heavy (non-hydrogen) atoms. The minimum atomic E-state index is -0.963. The van der Waals surface area contributed by atoms with Gasteiger partial charge < -0.3 is 4.57 Å². The number of nitrogens with zero attached hydrogens (tertiary/aromatic N) is 3. The van der Waals surface area contributed by atoms with E-state index >= 15 is 0 Å². The molecule has 1 aromatic rings. The summed E-state index contributed by atoms with van der Waals surface area (Å²) in [6.45, 7) is 0.241. The highest BCUT2D eigenvalue weighted by Gasteiger charge is 2.62. The third-order valence-corrected chi connectivity index (χ3v) is 3.78. The Morgan fingerprint density at radius 1 is 1.37 bits per heavy atom. The maximum Gasteiger partial charge on any atom is 0.330 e. The van der Waals surface area contributed by atoms with Gasteiger partial charge in [-0.05, 0) is 12.8 Å². The minimum Gasteiger partial charge on any atom is -0.338 e. The molecule has 1 saturated carbocycles. The molecule has 1 aliphatic carbocycles. The van der Waals surface area contributed by atoms with E-state index in [0.717, 1.165) is 10.7 Å². The molecule has 1 N–H and O–H groups in total. The summed E-state index contributed by atoms with van der Waals surface area (Å²) in [5.74, 6) is -0.0199. The highest BCUT2D eigenvalue weighted by atomic mass is 16.2. The van der Waals surface area contributed by atoms with Crippen LogP contribution >= 0.6 is 0 Å². The maximum atomic E-state index is 12.2. The van der Waals surface area contributed by atoms with Gasteiger partial charge in [0.05, 0.1) is 0 Å². The van der Waals surface area contributed by atoms with Crippen LogP contribution in [0.5, 0.6) is 0 Å². The molecule has 0 bridgehead atoms. The van der Waals surface area contributed by atoms with Crippen molar-refractivity contribution in [1.29, 1.82) is 0 Å². The molecule has 3 rings (SSSR count). The average molecular weight is 262 g/mol. The van der Waals surface area contributed by atoms with Crippen LogP contribution in [-0.4, -0.2) is 38.8 Å². The van der Waals surface area contributed by atoms with Gasteiger partial charge in [-0.3, -0.25) is 19.8 Å². The zero-order chi connectivity index (χ0) is 13.6. The molecule has 4 amide bonds. The van der Waals surface area contributed by atoms with E-state index in [-0.39, 0.29) is 12.5 Å². The van der Waals surface area contributed by atoms with Crippen molar-refractivity contribution in [2.24, 2.45) is 12.5 Å². The number of hydrogen-bond donors (Lipinski definition) is 1. The Morgan fingerprint density at radius 2 is 2.11 bits per heavy atom. The number of hydrogen-bond acceptors (Lipinski definition) is 4. The topological polar surface area (TPSA) is 84.3 Å². The van der Waals surface area contributed by atoms with Crippen molar-refractivity contribution in [1.82, 2.24) is 19.8 Å². The Bertz CT molecular complexity index is 573. The molecular formula is C12H14N4O3.